The Morgan fingerprint density at radius 2 is 2.17 bits per heavy atom. The molecule has 0 fully saturated rings. The van der Waals surface area contributed by atoms with Crippen molar-refractivity contribution in [3.8, 4) is 5.75 Å². The van der Waals surface area contributed by atoms with Gasteiger partial charge in [-0.05, 0) is 36.6 Å². The second-order valence-corrected chi connectivity index (χ2v) is 3.77. The molecule has 1 aromatic rings. The van der Waals surface area contributed by atoms with Crippen molar-refractivity contribution in [1.82, 2.24) is 0 Å². The maximum Gasteiger partial charge on any atom is 0.115 e. The van der Waals surface area contributed by atoms with E-state index in [9.17, 15) is 0 Å². The molecule has 0 aliphatic rings. The number of benzene rings is 1. The molecule has 0 amide bonds. The van der Waals surface area contributed by atoms with E-state index < -0.39 is 0 Å². The quantitative estimate of drug-likeness (QED) is 0.814. The molecule has 1 nitrogen and oxygen atoms in total. The van der Waals surface area contributed by atoms with Crippen LogP contribution >= 0.6 is 27.5 Å². The Balaban J connectivity index is 2.75. The van der Waals surface area contributed by atoms with Gasteiger partial charge in [0.05, 0.1) is 0 Å². The normalized spacial score (nSPS) is 10.2. The second-order valence-electron chi connectivity index (χ2n) is 2.57. The molecule has 0 aromatic heterocycles. The third-order valence-electron chi connectivity index (χ3n) is 1.61. The van der Waals surface area contributed by atoms with Crippen LogP contribution in [-0.4, -0.2) is 10.4 Å². The molecule has 66 valence electrons. The highest BCUT2D eigenvalue weighted by atomic mass is 79.9. The van der Waals surface area contributed by atoms with Crippen LogP contribution < -0.4 is 0 Å². The lowest BCUT2D eigenvalue weighted by molar-refractivity contribution is 0.474. The minimum absolute atomic E-state index is 0.281. The number of hydrogen-bond acceptors (Lipinski definition) is 1. The van der Waals surface area contributed by atoms with Crippen LogP contribution in [0.4, 0.5) is 0 Å². The molecule has 0 heterocycles. The van der Waals surface area contributed by atoms with E-state index in [0.717, 1.165) is 28.8 Å². The van der Waals surface area contributed by atoms with Crippen LogP contribution in [0, 0.1) is 0 Å². The van der Waals surface area contributed by atoms with E-state index in [2.05, 4.69) is 15.9 Å². The minimum atomic E-state index is 0.281. The summed E-state index contributed by atoms with van der Waals surface area (Å²) >= 11 is 9.25. The van der Waals surface area contributed by atoms with Gasteiger partial charge in [-0.1, -0.05) is 27.5 Å². The lowest BCUT2D eigenvalue weighted by atomic mass is 10.1. The van der Waals surface area contributed by atoms with Crippen molar-refractivity contribution in [1.29, 1.82) is 0 Å². The maximum atomic E-state index is 9.17. The Labute approximate surface area is 85.5 Å². The van der Waals surface area contributed by atoms with Crippen LogP contribution in [0.1, 0.15) is 12.0 Å². The van der Waals surface area contributed by atoms with Crippen molar-refractivity contribution in [2.45, 2.75) is 12.8 Å². The Kier molecular flexibility index (Phi) is 3.89. The molecule has 3 heteroatoms. The van der Waals surface area contributed by atoms with Gasteiger partial charge in [0.2, 0.25) is 0 Å². The van der Waals surface area contributed by atoms with Crippen LogP contribution in [0.5, 0.6) is 5.75 Å². The van der Waals surface area contributed by atoms with Gasteiger partial charge < -0.3 is 5.11 Å². The fourth-order valence-electron chi connectivity index (χ4n) is 1.01. The van der Waals surface area contributed by atoms with Crippen molar-refractivity contribution < 1.29 is 5.11 Å². The smallest absolute Gasteiger partial charge is 0.115 e. The maximum absolute atomic E-state index is 9.17. The molecule has 1 rings (SSSR count). The molecule has 0 aliphatic heterocycles. The summed E-state index contributed by atoms with van der Waals surface area (Å²) < 4.78 is 0. The van der Waals surface area contributed by atoms with Crippen molar-refractivity contribution in [2.24, 2.45) is 0 Å². The predicted molar refractivity (Wildman–Crippen MR) is 55.2 cm³/mol. The van der Waals surface area contributed by atoms with Crippen LogP contribution in [0.15, 0.2) is 18.2 Å². The van der Waals surface area contributed by atoms with Crippen LogP contribution in [0.2, 0.25) is 5.02 Å². The minimum Gasteiger partial charge on any atom is -0.508 e. The molecule has 1 N–H and O–H groups in total. The number of hydrogen-bond donors (Lipinski definition) is 1. The Morgan fingerprint density at radius 1 is 1.42 bits per heavy atom. The van der Waals surface area contributed by atoms with E-state index >= 15 is 0 Å². The zero-order valence-corrected chi connectivity index (χ0v) is 8.90. The van der Waals surface area contributed by atoms with Crippen LogP contribution in [-0.2, 0) is 6.42 Å². The van der Waals surface area contributed by atoms with Gasteiger partial charge in [0.25, 0.3) is 0 Å². The predicted octanol–water partition coefficient (Wildman–Crippen LogP) is 3.37. The van der Waals surface area contributed by atoms with Gasteiger partial charge >= 0.3 is 0 Å². The summed E-state index contributed by atoms with van der Waals surface area (Å²) in [5, 5.41) is 10.9. The fourth-order valence-corrected chi connectivity index (χ4v) is 1.50. The molecular weight excluding hydrogens is 239 g/mol. The number of rotatable bonds is 3. The molecule has 0 bridgehead atoms. The molecule has 0 saturated carbocycles. The first-order chi connectivity index (χ1) is 5.74. The zero-order chi connectivity index (χ0) is 8.97. The summed E-state index contributed by atoms with van der Waals surface area (Å²) in [4.78, 5) is 0. The van der Waals surface area contributed by atoms with Crippen molar-refractivity contribution in [3.05, 3.63) is 28.8 Å². The van der Waals surface area contributed by atoms with Gasteiger partial charge in [-0.2, -0.15) is 0 Å². The molecule has 0 radical (unpaired) electrons. The van der Waals surface area contributed by atoms with E-state index in [4.69, 9.17) is 16.7 Å². The lowest BCUT2D eigenvalue weighted by Crippen LogP contribution is -1.86. The lowest BCUT2D eigenvalue weighted by Gasteiger charge is -2.02. The second kappa shape index (κ2) is 4.73. The third kappa shape index (κ3) is 2.68. The van der Waals surface area contributed by atoms with E-state index in [1.54, 1.807) is 18.2 Å². The van der Waals surface area contributed by atoms with Gasteiger partial charge in [-0.15, -0.1) is 0 Å². The monoisotopic (exact) mass is 248 g/mol. The van der Waals surface area contributed by atoms with Crippen molar-refractivity contribution in [2.75, 3.05) is 5.33 Å². The summed E-state index contributed by atoms with van der Waals surface area (Å²) in [6, 6.07) is 5.03. The van der Waals surface area contributed by atoms with Gasteiger partial charge in [0.15, 0.2) is 0 Å². The van der Waals surface area contributed by atoms with Crippen molar-refractivity contribution >= 4 is 27.5 Å². The van der Waals surface area contributed by atoms with Gasteiger partial charge in [0, 0.05) is 10.4 Å². The first-order valence-electron chi connectivity index (χ1n) is 3.77. The molecule has 0 aliphatic carbocycles. The molecule has 0 spiro atoms. The molecule has 0 atom stereocenters. The van der Waals surface area contributed by atoms with Crippen LogP contribution in [0.3, 0.4) is 0 Å². The summed E-state index contributed by atoms with van der Waals surface area (Å²) in [7, 11) is 0. The zero-order valence-electron chi connectivity index (χ0n) is 6.56. The number of alkyl halides is 1. The van der Waals surface area contributed by atoms with Crippen LogP contribution in [0.25, 0.3) is 0 Å². The van der Waals surface area contributed by atoms with E-state index in [1.165, 1.54) is 0 Å². The van der Waals surface area contributed by atoms with Gasteiger partial charge in [-0.25, -0.2) is 0 Å². The first-order valence-corrected chi connectivity index (χ1v) is 5.27. The fraction of sp³-hybridized carbons (Fsp3) is 0.333. The van der Waals surface area contributed by atoms with E-state index in [1.807, 2.05) is 0 Å². The highest BCUT2D eigenvalue weighted by Crippen LogP contribution is 2.22. The average molecular weight is 250 g/mol. The standard InChI is InChI=1S/C9H10BrClO/c10-5-1-2-7-6-8(12)3-4-9(7)11/h3-4,6,12H,1-2,5H2. The summed E-state index contributed by atoms with van der Waals surface area (Å²) in [5.41, 5.74) is 1.01. The summed E-state index contributed by atoms with van der Waals surface area (Å²) in [5.74, 6) is 0.281. The number of aromatic hydroxyl groups is 1. The molecule has 1 aromatic carbocycles. The SMILES string of the molecule is Oc1ccc(Cl)c(CCCBr)c1. The highest BCUT2D eigenvalue weighted by Gasteiger charge is 2.00. The first kappa shape index (κ1) is 9.87. The Bertz CT molecular complexity index is 263. The molecule has 12 heavy (non-hydrogen) atoms. The largest absolute Gasteiger partial charge is 0.508 e. The number of phenolic OH excluding ortho intramolecular Hbond substituents is 1. The summed E-state index contributed by atoms with van der Waals surface area (Å²) in [6.45, 7) is 0. The van der Waals surface area contributed by atoms with Gasteiger partial charge in [0.1, 0.15) is 5.75 Å². The average Bonchev–Trinajstić information content (AvgIpc) is 2.07. The molecule has 0 saturated heterocycles. The van der Waals surface area contributed by atoms with E-state index in [0.29, 0.717) is 0 Å². The number of aryl methyl sites for hydroxylation is 1. The van der Waals surface area contributed by atoms with E-state index in [-0.39, 0.29) is 5.75 Å². The topological polar surface area (TPSA) is 20.2 Å². The number of halogens is 2. The Hall–Kier alpha value is -0.210. The molecular formula is C9H10BrClO. The Morgan fingerprint density at radius 3 is 2.83 bits per heavy atom. The summed E-state index contributed by atoms with van der Waals surface area (Å²) in [6.07, 6.45) is 1.93. The van der Waals surface area contributed by atoms with Gasteiger partial charge in [-0.3, -0.25) is 0 Å². The highest BCUT2D eigenvalue weighted by molar-refractivity contribution is 9.09. The van der Waals surface area contributed by atoms with Crippen molar-refractivity contribution in [3.63, 3.8) is 0 Å². The molecule has 0 unspecified atom stereocenters. The number of phenols is 1. The third-order valence-corrected chi connectivity index (χ3v) is 2.54.